The minimum atomic E-state index is 0. The first-order valence-electron chi connectivity index (χ1n) is 52.7. The molecule has 0 radical (unpaired) electrons. The molecular weight excluding hydrogens is 1470 g/mol. The Balaban J connectivity index is 0.00000180. The van der Waals surface area contributed by atoms with Crippen molar-refractivity contribution in [2.45, 2.75) is 600 Å². The largest absolute Gasteiger partial charge is 2.00 e. The maximum absolute atomic E-state index is 12.1. The van der Waals surface area contributed by atoms with Crippen LogP contribution in [-0.4, -0.2) is 4.70 Å². The normalized spacial score (nSPS) is 12.2. The Labute approximate surface area is 732 Å². The molecule has 0 atom stereocenters. The van der Waals surface area contributed by atoms with Gasteiger partial charge in [-0.15, -0.1) is 0 Å². The smallest absolute Gasteiger partial charge is 0.493 e. The average Bonchev–Trinajstić information content (AvgIpc) is 1.61. The molecule has 0 N–H and O–H groups in total. The molecule has 0 bridgehead atoms. The van der Waals surface area contributed by atoms with E-state index in [1.54, 1.807) is 4.70 Å². The third-order valence-corrected chi connectivity index (χ3v) is 25.5. The van der Waals surface area contributed by atoms with Crippen LogP contribution in [0.15, 0.2) is 59.7 Å². The van der Waals surface area contributed by atoms with E-state index in [1.807, 2.05) is 0 Å². The average molecular weight is 1670 g/mol. The molecule has 0 saturated heterocycles. The van der Waals surface area contributed by atoms with Crippen LogP contribution < -0.4 is 0 Å². The van der Waals surface area contributed by atoms with Crippen molar-refractivity contribution in [2.24, 2.45) is 0 Å². The van der Waals surface area contributed by atoms with Crippen molar-refractivity contribution in [1.29, 1.82) is 0 Å². The van der Waals surface area contributed by atoms with Crippen LogP contribution in [0.2, 0.25) is 0 Å². The molecule has 2 aromatic carbocycles. The molecule has 1 heterocycles. The van der Waals surface area contributed by atoms with Gasteiger partial charge in [-0.25, -0.2) is 4.70 Å². The second-order valence-corrected chi connectivity index (χ2v) is 36.6. The third-order valence-electron chi connectivity index (χ3n) is 25.5. The number of hydrogen-bond donors (Lipinski definition) is 0. The number of nitrogens with zero attached hydrogens (tertiary/aromatic N) is 2. The Morgan fingerprint density at radius 2 is 0.316 bits per heavy atom. The van der Waals surface area contributed by atoms with E-state index >= 15 is 0 Å². The van der Waals surface area contributed by atoms with Crippen LogP contribution in [0.3, 0.4) is 0 Å². The van der Waals surface area contributed by atoms with E-state index in [2.05, 4.69) is 104 Å². The number of rotatable bonds is 87. The number of aryl methyl sites for hydroxylation is 2. The van der Waals surface area contributed by atoms with Gasteiger partial charge in [0, 0.05) is 22.3 Å². The van der Waals surface area contributed by atoms with Crippen molar-refractivity contribution in [3.05, 3.63) is 101 Å². The fourth-order valence-corrected chi connectivity index (χ4v) is 17.7. The standard InChI is InChI=1S/C51H82N2.2C30H61.Pd/c1-5-9-13-15-16-17-18-19-20-21-22-23-24-25-26-27-31-35-49-48(34-30-14-10-6-2)50(46-40-36-44(37-41-46)32-28-11-7-3)53(52)51(49)47-42-38-45(39-43-47)33-29-12-8-4;2*1-3-5-7-9-11-13-15-17-19-21-23-25-27-29-30-28-26-24-22-20-18-16-14-12-10-8-6-4-2;/h36-43H,5-35H2,1-4H3;2*1,3-30H2,2H3;/q;2*-1;+2. The van der Waals surface area contributed by atoms with E-state index in [9.17, 15) is 5.53 Å². The van der Waals surface area contributed by atoms with Gasteiger partial charge in [0.05, 0.1) is 0 Å². The minimum absolute atomic E-state index is 0. The number of unbranched alkanes of at least 4 members (excludes halogenated alkanes) is 77. The van der Waals surface area contributed by atoms with Crippen molar-refractivity contribution in [2.75, 3.05) is 0 Å². The van der Waals surface area contributed by atoms with E-state index in [0.717, 1.165) is 61.0 Å². The van der Waals surface area contributed by atoms with Crippen molar-refractivity contribution in [3.8, 4) is 0 Å². The van der Waals surface area contributed by atoms with E-state index in [-0.39, 0.29) is 20.4 Å². The summed E-state index contributed by atoms with van der Waals surface area (Å²) in [6.07, 6.45) is 122. The third kappa shape index (κ3) is 71.9. The molecule has 114 heavy (non-hydrogen) atoms. The zero-order chi connectivity index (χ0) is 81.4. The Morgan fingerprint density at radius 1 is 0.184 bits per heavy atom. The fraction of sp³-hybridized carbons (Fsp3) is 0.838. The van der Waals surface area contributed by atoms with E-state index < -0.39 is 0 Å². The predicted octanol–water partition coefficient (Wildman–Crippen LogP) is 40.9. The molecule has 0 saturated carbocycles. The van der Waals surface area contributed by atoms with Crippen LogP contribution in [0.4, 0.5) is 0 Å². The van der Waals surface area contributed by atoms with Crippen LogP contribution in [0.5, 0.6) is 0 Å². The van der Waals surface area contributed by atoms with Crippen molar-refractivity contribution in [1.82, 2.24) is 0 Å². The summed E-state index contributed by atoms with van der Waals surface area (Å²) in [4.78, 5) is 0. The maximum atomic E-state index is 12.1. The first kappa shape index (κ1) is 112. The SMILES string of the molecule is CCCCCCCCCCCCCCCCCCCC1=C(c2ccc(CCCCC)cc2)[N+](=[N-])C(c2ccc(CCCCC)cc2)=C1CCCCCC.[CH2-]CCCCCCCCCCCCCCCCCCCCCCCCCCCCC.[CH2-]CCCCCCCCCCCCCCCCCCCCCCCCCCCCC.[Pd+2]. The van der Waals surface area contributed by atoms with E-state index in [0.29, 0.717) is 0 Å². The summed E-state index contributed by atoms with van der Waals surface area (Å²) >= 11 is 0. The molecule has 2 aromatic rings. The Morgan fingerprint density at radius 3 is 0.482 bits per heavy atom. The second kappa shape index (κ2) is 93.4. The molecule has 0 aromatic heterocycles. The molecular formula is C111H204N2Pd. The molecule has 2 nitrogen and oxygen atoms in total. The topological polar surface area (TPSA) is 25.3 Å². The quantitative estimate of drug-likeness (QED) is 0.0273. The number of allylic oxidation sites excluding steroid dienone is 2. The minimum Gasteiger partial charge on any atom is -0.493 e. The Bertz CT molecular complexity index is 2140. The van der Waals surface area contributed by atoms with Crippen molar-refractivity contribution < 1.29 is 25.1 Å². The summed E-state index contributed by atoms with van der Waals surface area (Å²) in [5, 5.41) is 0. The van der Waals surface area contributed by atoms with Crippen molar-refractivity contribution in [3.63, 3.8) is 0 Å². The van der Waals surface area contributed by atoms with Crippen LogP contribution in [0.1, 0.15) is 610 Å². The van der Waals surface area contributed by atoms with Gasteiger partial charge < -0.3 is 19.4 Å². The molecule has 3 rings (SSSR count). The fourth-order valence-electron chi connectivity index (χ4n) is 17.7. The van der Waals surface area contributed by atoms with Gasteiger partial charge in [0.1, 0.15) is 0 Å². The zero-order valence-corrected chi connectivity index (χ0v) is 80.3. The summed E-state index contributed by atoms with van der Waals surface area (Å²) in [6, 6.07) is 18.3. The Kier molecular flexibility index (Phi) is 92.0. The van der Waals surface area contributed by atoms with Gasteiger partial charge in [-0.1, -0.05) is 560 Å². The summed E-state index contributed by atoms with van der Waals surface area (Å²) in [7, 11) is 0. The number of benzene rings is 2. The van der Waals surface area contributed by atoms with Gasteiger partial charge in [-0.05, 0) is 86.8 Å². The monoisotopic (exact) mass is 1670 g/mol. The zero-order valence-electron chi connectivity index (χ0n) is 78.8. The maximum Gasteiger partial charge on any atom is 2.00 e. The van der Waals surface area contributed by atoms with Gasteiger partial charge in [0.25, 0.3) is 0 Å². The van der Waals surface area contributed by atoms with Gasteiger partial charge in [-0.3, -0.25) is 0 Å². The molecule has 0 spiro atoms. The summed E-state index contributed by atoms with van der Waals surface area (Å²) < 4.78 is 1.59. The molecule has 0 unspecified atom stereocenters. The first-order chi connectivity index (χ1) is 56.0. The second-order valence-electron chi connectivity index (χ2n) is 36.6. The van der Waals surface area contributed by atoms with Gasteiger partial charge >= 0.3 is 20.4 Å². The van der Waals surface area contributed by atoms with Crippen LogP contribution in [-0.2, 0) is 33.3 Å². The Hall–Kier alpha value is -1.82. The first-order valence-corrected chi connectivity index (χ1v) is 52.7. The molecule has 0 amide bonds. The number of hydrogen-bond acceptors (Lipinski definition) is 0. The predicted molar refractivity (Wildman–Crippen MR) is 515 cm³/mol. The van der Waals surface area contributed by atoms with Gasteiger partial charge in [-0.2, -0.15) is 12.8 Å². The van der Waals surface area contributed by atoms with E-state index in [1.165, 1.54) is 542 Å². The van der Waals surface area contributed by atoms with Gasteiger partial charge in [0.2, 0.25) is 11.4 Å². The van der Waals surface area contributed by atoms with Crippen LogP contribution >= 0.6 is 0 Å². The van der Waals surface area contributed by atoms with E-state index in [4.69, 9.17) is 0 Å². The summed E-state index contributed by atoms with van der Waals surface area (Å²) in [5.74, 6) is 0. The molecule has 1 aliphatic heterocycles. The van der Waals surface area contributed by atoms with Crippen LogP contribution in [0, 0.1) is 13.8 Å². The molecule has 1 aliphatic rings. The molecule has 0 fully saturated rings. The summed E-state index contributed by atoms with van der Waals surface area (Å²) in [5.41, 5.74) is 22.1. The molecule has 668 valence electrons. The molecule has 0 aliphatic carbocycles. The molecule has 3 heteroatoms. The van der Waals surface area contributed by atoms with Crippen molar-refractivity contribution >= 4 is 11.4 Å². The van der Waals surface area contributed by atoms with Crippen LogP contribution in [0.25, 0.3) is 16.9 Å². The summed E-state index contributed by atoms with van der Waals surface area (Å²) in [6.45, 7) is 21.6. The van der Waals surface area contributed by atoms with Gasteiger partial charge in [0.15, 0.2) is 0 Å².